The van der Waals surface area contributed by atoms with Crippen LogP contribution < -0.4 is 5.32 Å². The van der Waals surface area contributed by atoms with Crippen molar-refractivity contribution in [3.8, 4) is 0 Å². The number of para-hydroxylation sites is 1. The van der Waals surface area contributed by atoms with Gasteiger partial charge in [0.15, 0.2) is 0 Å². The van der Waals surface area contributed by atoms with E-state index in [0.717, 1.165) is 0 Å². The number of nitrogens with zero attached hydrogens (tertiary/aromatic N) is 1. The van der Waals surface area contributed by atoms with Crippen LogP contribution in [0.25, 0.3) is 21.8 Å². The second-order valence-corrected chi connectivity index (χ2v) is 6.54. The largest absolute Gasteiger partial charge is 0.462 e. The average molecular weight is 382 g/mol. The molecule has 0 bridgehead atoms. The Kier molecular flexibility index (Phi) is 4.37. The van der Waals surface area contributed by atoms with Crippen molar-refractivity contribution in [2.24, 2.45) is 0 Å². The van der Waals surface area contributed by atoms with Crippen LogP contribution in [-0.4, -0.2) is 51.9 Å². The number of carbonyl (C=O) groups is 3. The fourth-order valence-corrected chi connectivity index (χ4v) is 3.73. The molecular formula is C20H18N2O6. The highest BCUT2D eigenvalue weighted by atomic mass is 16.5. The summed E-state index contributed by atoms with van der Waals surface area (Å²) in [4.78, 5) is 37.5. The van der Waals surface area contributed by atoms with E-state index in [1.54, 1.807) is 29.7 Å². The third kappa shape index (κ3) is 2.57. The molecule has 0 fully saturated rings. The number of fused-ring (bicyclic) bond motifs is 5. The molecule has 144 valence electrons. The predicted octanol–water partition coefficient (Wildman–Crippen LogP) is 1.21. The SMILES string of the molecule is CCOC(=O)c1cc2c(c3c1C(=O)NC3=O)c1ccccc1n2CC(O)CO. The third-order valence-corrected chi connectivity index (χ3v) is 4.84. The number of ether oxygens (including phenoxy) is 1. The van der Waals surface area contributed by atoms with E-state index in [1.165, 1.54) is 6.07 Å². The summed E-state index contributed by atoms with van der Waals surface area (Å²) >= 11 is 0. The quantitative estimate of drug-likeness (QED) is 0.451. The lowest BCUT2D eigenvalue weighted by atomic mass is 9.97. The maximum atomic E-state index is 12.6. The zero-order chi connectivity index (χ0) is 20.0. The number of aliphatic hydroxyl groups excluding tert-OH is 2. The molecule has 2 amide bonds. The van der Waals surface area contributed by atoms with Gasteiger partial charge in [-0.3, -0.25) is 14.9 Å². The number of esters is 1. The third-order valence-electron chi connectivity index (χ3n) is 4.84. The molecule has 3 N–H and O–H groups in total. The highest BCUT2D eigenvalue weighted by molar-refractivity contribution is 6.32. The first-order chi connectivity index (χ1) is 13.5. The van der Waals surface area contributed by atoms with Crippen LogP contribution in [0.1, 0.15) is 38.0 Å². The highest BCUT2D eigenvalue weighted by Crippen LogP contribution is 2.37. The molecule has 8 nitrogen and oxygen atoms in total. The number of carbonyl (C=O) groups excluding carboxylic acids is 3. The Labute approximate surface area is 159 Å². The molecule has 2 heterocycles. The number of hydrogen-bond acceptors (Lipinski definition) is 6. The van der Waals surface area contributed by atoms with Gasteiger partial charge in [-0.05, 0) is 19.1 Å². The minimum atomic E-state index is -1.03. The lowest BCUT2D eigenvalue weighted by molar-refractivity contribution is 0.0523. The summed E-state index contributed by atoms with van der Waals surface area (Å²) in [6.07, 6.45) is -1.03. The number of rotatable bonds is 5. The van der Waals surface area contributed by atoms with Crippen molar-refractivity contribution in [3.05, 3.63) is 47.0 Å². The summed E-state index contributed by atoms with van der Waals surface area (Å²) in [5, 5.41) is 22.8. The first kappa shape index (κ1) is 18.1. The van der Waals surface area contributed by atoms with Gasteiger partial charge in [-0.1, -0.05) is 18.2 Å². The van der Waals surface area contributed by atoms with Crippen LogP contribution in [0.3, 0.4) is 0 Å². The van der Waals surface area contributed by atoms with Crippen molar-refractivity contribution >= 4 is 39.6 Å². The van der Waals surface area contributed by atoms with Gasteiger partial charge in [-0.25, -0.2) is 4.79 Å². The van der Waals surface area contributed by atoms with Gasteiger partial charge in [0.25, 0.3) is 11.8 Å². The number of imide groups is 1. The minimum absolute atomic E-state index is 0.00144. The Hall–Kier alpha value is -3.23. The first-order valence-electron chi connectivity index (χ1n) is 8.87. The Morgan fingerprint density at radius 2 is 1.89 bits per heavy atom. The summed E-state index contributed by atoms with van der Waals surface area (Å²) < 4.78 is 6.80. The molecule has 1 aliphatic heterocycles. The second kappa shape index (κ2) is 6.74. The topological polar surface area (TPSA) is 118 Å². The molecule has 0 aliphatic carbocycles. The number of benzene rings is 2. The van der Waals surface area contributed by atoms with Crippen LogP contribution in [-0.2, 0) is 11.3 Å². The molecular weight excluding hydrogens is 364 g/mol. The number of aliphatic hydroxyl groups is 2. The molecule has 1 aliphatic rings. The molecule has 1 atom stereocenters. The second-order valence-electron chi connectivity index (χ2n) is 6.54. The van der Waals surface area contributed by atoms with E-state index >= 15 is 0 Å². The number of aromatic nitrogens is 1. The van der Waals surface area contributed by atoms with E-state index in [9.17, 15) is 24.6 Å². The Bertz CT molecular complexity index is 1150. The maximum Gasteiger partial charge on any atom is 0.339 e. The van der Waals surface area contributed by atoms with Crippen LogP contribution in [0.5, 0.6) is 0 Å². The van der Waals surface area contributed by atoms with E-state index in [4.69, 9.17) is 4.74 Å². The number of amides is 2. The summed E-state index contributed by atoms with van der Waals surface area (Å²) in [5.74, 6) is -1.93. The molecule has 3 aromatic rings. The lowest BCUT2D eigenvalue weighted by Gasteiger charge is -2.13. The molecule has 8 heteroatoms. The fourth-order valence-electron chi connectivity index (χ4n) is 3.73. The molecule has 4 rings (SSSR count). The van der Waals surface area contributed by atoms with Crippen LogP contribution in [0, 0.1) is 0 Å². The van der Waals surface area contributed by atoms with E-state index in [0.29, 0.717) is 21.8 Å². The normalized spacial score (nSPS) is 14.4. The van der Waals surface area contributed by atoms with Gasteiger partial charge in [0, 0.05) is 16.3 Å². The number of nitrogens with one attached hydrogen (secondary N) is 1. The predicted molar refractivity (Wildman–Crippen MR) is 100 cm³/mol. The molecule has 1 aromatic heterocycles. The van der Waals surface area contributed by atoms with E-state index in [1.807, 2.05) is 6.07 Å². The zero-order valence-electron chi connectivity index (χ0n) is 15.1. The van der Waals surface area contributed by atoms with Crippen molar-refractivity contribution in [2.75, 3.05) is 13.2 Å². The fraction of sp³-hybridized carbons (Fsp3) is 0.250. The molecule has 2 aromatic carbocycles. The van der Waals surface area contributed by atoms with Crippen molar-refractivity contribution in [1.29, 1.82) is 0 Å². The molecule has 0 saturated carbocycles. The summed E-state index contributed by atoms with van der Waals surface area (Å²) in [7, 11) is 0. The van der Waals surface area contributed by atoms with Gasteiger partial charge < -0.3 is 19.5 Å². The minimum Gasteiger partial charge on any atom is -0.462 e. The molecule has 1 unspecified atom stereocenters. The summed E-state index contributed by atoms with van der Waals surface area (Å²) in [5.41, 5.74) is 1.33. The smallest absolute Gasteiger partial charge is 0.339 e. The van der Waals surface area contributed by atoms with Gasteiger partial charge in [-0.2, -0.15) is 0 Å². The number of hydrogen-bond donors (Lipinski definition) is 3. The first-order valence-corrected chi connectivity index (χ1v) is 8.87. The highest BCUT2D eigenvalue weighted by Gasteiger charge is 2.36. The van der Waals surface area contributed by atoms with Crippen LogP contribution in [0.2, 0.25) is 0 Å². The van der Waals surface area contributed by atoms with Crippen molar-refractivity contribution in [1.82, 2.24) is 9.88 Å². The van der Waals surface area contributed by atoms with Crippen LogP contribution >= 0.6 is 0 Å². The van der Waals surface area contributed by atoms with Crippen LogP contribution in [0.4, 0.5) is 0 Å². The maximum absolute atomic E-state index is 12.6. The molecule has 0 spiro atoms. The monoisotopic (exact) mass is 382 g/mol. The summed E-state index contributed by atoms with van der Waals surface area (Å²) in [6.45, 7) is 1.38. The standard InChI is InChI=1S/C20H18N2O6/c1-2-28-20(27)12-7-14-15(17-16(12)18(25)21-19(17)26)11-5-3-4-6-13(11)22(14)8-10(24)9-23/h3-7,10,23-24H,2,8-9H2,1H3,(H,21,25,26). The molecule has 28 heavy (non-hydrogen) atoms. The van der Waals surface area contributed by atoms with Crippen molar-refractivity contribution in [3.63, 3.8) is 0 Å². The van der Waals surface area contributed by atoms with E-state index < -0.39 is 30.5 Å². The van der Waals surface area contributed by atoms with Crippen molar-refractivity contribution in [2.45, 2.75) is 19.6 Å². The van der Waals surface area contributed by atoms with Crippen molar-refractivity contribution < 1.29 is 29.3 Å². The van der Waals surface area contributed by atoms with Gasteiger partial charge in [0.2, 0.25) is 0 Å². The molecule has 0 saturated heterocycles. The van der Waals surface area contributed by atoms with Gasteiger partial charge in [0.1, 0.15) is 0 Å². The van der Waals surface area contributed by atoms with Gasteiger partial charge in [0.05, 0.1) is 48.1 Å². The summed E-state index contributed by atoms with van der Waals surface area (Å²) in [6, 6.07) is 8.73. The van der Waals surface area contributed by atoms with E-state index in [-0.39, 0.29) is 29.8 Å². The Morgan fingerprint density at radius 3 is 2.61 bits per heavy atom. The molecule has 0 radical (unpaired) electrons. The zero-order valence-corrected chi connectivity index (χ0v) is 15.1. The van der Waals surface area contributed by atoms with Gasteiger partial charge in [-0.15, -0.1) is 0 Å². The Morgan fingerprint density at radius 1 is 1.18 bits per heavy atom. The average Bonchev–Trinajstić information content (AvgIpc) is 3.16. The van der Waals surface area contributed by atoms with Gasteiger partial charge >= 0.3 is 5.97 Å². The van der Waals surface area contributed by atoms with Crippen LogP contribution in [0.15, 0.2) is 30.3 Å². The lowest BCUT2D eigenvalue weighted by Crippen LogP contribution is -2.21. The van der Waals surface area contributed by atoms with E-state index in [2.05, 4.69) is 5.32 Å². The Balaban J connectivity index is 2.14.